The lowest BCUT2D eigenvalue weighted by molar-refractivity contribution is -0.132. The largest absolute Gasteiger partial charge is 0.398 e. The summed E-state index contributed by atoms with van der Waals surface area (Å²) in [6, 6.07) is -1.73. The summed E-state index contributed by atoms with van der Waals surface area (Å²) in [6.45, 7) is -1.79. The monoisotopic (exact) mass is 290 g/mol. The average molecular weight is 290 g/mol. The summed E-state index contributed by atoms with van der Waals surface area (Å²) in [7, 11) is 0. The second-order valence-corrected chi connectivity index (χ2v) is 4.78. The van der Waals surface area contributed by atoms with Crippen molar-refractivity contribution in [3.05, 3.63) is 34.3 Å². The van der Waals surface area contributed by atoms with Crippen molar-refractivity contribution >= 4 is 28.2 Å². The van der Waals surface area contributed by atoms with Gasteiger partial charge in [0.25, 0.3) is 5.56 Å². The number of carbonyl (C=O) groups is 2. The number of benzene rings is 1. The molecule has 1 fully saturated rings. The Morgan fingerprint density at radius 2 is 2.33 bits per heavy atom. The Morgan fingerprint density at radius 3 is 3.05 bits per heavy atom. The van der Waals surface area contributed by atoms with Crippen molar-refractivity contribution in [2.45, 2.75) is 32.2 Å². The Balaban J connectivity index is 2.43. The number of nitrogen functional groups attached to an aromatic ring is 1. The third kappa shape index (κ3) is 2.12. The topological polar surface area (TPSA) is 95.0 Å². The minimum atomic E-state index is -2.17. The van der Waals surface area contributed by atoms with E-state index in [0.717, 1.165) is 6.07 Å². The van der Waals surface area contributed by atoms with Gasteiger partial charge in [-0.25, -0.2) is 4.98 Å². The summed E-state index contributed by atoms with van der Waals surface area (Å²) in [6.07, 6.45) is -0.884. The fourth-order valence-corrected chi connectivity index (χ4v) is 2.42. The van der Waals surface area contributed by atoms with Gasteiger partial charge < -0.3 is 5.73 Å². The van der Waals surface area contributed by atoms with Gasteiger partial charge in [0.05, 0.1) is 27.5 Å². The van der Waals surface area contributed by atoms with E-state index in [9.17, 15) is 14.4 Å². The van der Waals surface area contributed by atoms with Crippen LogP contribution in [0.3, 0.4) is 0 Å². The molecule has 21 heavy (non-hydrogen) atoms. The number of carbonyl (C=O) groups excluding carboxylic acids is 2. The van der Waals surface area contributed by atoms with E-state index in [4.69, 9.17) is 12.6 Å². The minimum Gasteiger partial charge on any atom is -0.398 e. The quantitative estimate of drug-likeness (QED) is 0.628. The number of hydrogen-bond donors (Lipinski definition) is 1. The van der Waals surface area contributed by atoms with E-state index in [1.165, 1.54) is 0 Å². The van der Waals surface area contributed by atoms with E-state index in [1.807, 2.05) is 0 Å². The van der Waals surface area contributed by atoms with Crippen molar-refractivity contribution in [2.75, 3.05) is 5.73 Å². The first-order valence-electron chi connectivity index (χ1n) is 8.95. The number of aromatic nitrogens is 2. The normalized spacial score (nSPS) is 26.2. The number of hydrogen-bond acceptors (Lipinski definition) is 5. The van der Waals surface area contributed by atoms with Crippen LogP contribution in [0.15, 0.2) is 22.9 Å². The summed E-state index contributed by atoms with van der Waals surface area (Å²) < 4.78 is 39.9. The van der Waals surface area contributed by atoms with Gasteiger partial charge in [-0.2, -0.15) is 0 Å². The van der Waals surface area contributed by atoms with Crippen LogP contribution in [0.5, 0.6) is 0 Å². The zero-order valence-electron chi connectivity index (χ0n) is 16.0. The standard InChI is InChI=1S/C15H15N3O3/c1-8-17-11-4-2-3-10(16)14(11)15(21)18(8)12-6-5-9(19)7-13(12)20/h2-4,12H,5-7,16H2,1H3/i1D2,2D,3D,12D. The molecule has 2 aromatic rings. The summed E-state index contributed by atoms with van der Waals surface area (Å²) in [5.74, 6) is -1.61. The van der Waals surface area contributed by atoms with Crippen LogP contribution in [0, 0.1) is 6.88 Å². The Kier molecular flexibility index (Phi) is 1.99. The van der Waals surface area contributed by atoms with Crippen molar-refractivity contribution < 1.29 is 16.4 Å². The van der Waals surface area contributed by atoms with E-state index in [2.05, 4.69) is 4.98 Å². The highest BCUT2D eigenvalue weighted by Gasteiger charge is 2.30. The molecule has 1 heterocycles. The maximum Gasteiger partial charge on any atom is 0.264 e. The molecule has 0 radical (unpaired) electrons. The van der Waals surface area contributed by atoms with Gasteiger partial charge >= 0.3 is 0 Å². The number of nitrogens with two attached hydrogens (primary N) is 1. The van der Waals surface area contributed by atoms with Crippen LogP contribution in [0.2, 0.25) is 0 Å². The average Bonchev–Trinajstić information content (AvgIpc) is 2.55. The number of aryl methyl sites for hydroxylation is 1. The first-order valence-corrected chi connectivity index (χ1v) is 6.30. The fourth-order valence-electron chi connectivity index (χ4n) is 2.42. The molecule has 1 aliphatic rings. The van der Waals surface area contributed by atoms with Crippen molar-refractivity contribution in [2.24, 2.45) is 0 Å². The van der Waals surface area contributed by atoms with Gasteiger partial charge in [-0.05, 0) is 25.4 Å². The Morgan fingerprint density at radius 1 is 1.52 bits per heavy atom. The molecule has 1 aromatic carbocycles. The number of nitrogens with zero attached hydrogens (tertiary/aromatic N) is 2. The molecule has 0 saturated heterocycles. The molecule has 6 nitrogen and oxygen atoms in total. The van der Waals surface area contributed by atoms with Gasteiger partial charge in [0, 0.05) is 14.8 Å². The van der Waals surface area contributed by atoms with Gasteiger partial charge in [0.15, 0.2) is 5.78 Å². The van der Waals surface area contributed by atoms with Crippen LogP contribution in [-0.4, -0.2) is 21.1 Å². The van der Waals surface area contributed by atoms with Gasteiger partial charge in [-0.1, -0.05) is 6.04 Å². The van der Waals surface area contributed by atoms with E-state index in [1.54, 1.807) is 0 Å². The molecule has 0 spiro atoms. The maximum absolute atomic E-state index is 13.0. The lowest BCUT2D eigenvalue weighted by Gasteiger charge is -2.24. The van der Waals surface area contributed by atoms with Crippen molar-refractivity contribution in [3.8, 4) is 0 Å². The number of rotatable bonds is 1. The third-order valence-corrected chi connectivity index (χ3v) is 3.41. The molecule has 3 rings (SSSR count). The number of anilines is 1. The van der Waals surface area contributed by atoms with Gasteiger partial charge in [-0.3, -0.25) is 19.0 Å². The van der Waals surface area contributed by atoms with E-state index in [0.29, 0.717) is 4.57 Å². The number of ketones is 2. The lowest BCUT2D eigenvalue weighted by atomic mass is 9.92. The van der Waals surface area contributed by atoms with Crippen LogP contribution in [-0.2, 0) is 9.59 Å². The van der Waals surface area contributed by atoms with Crippen molar-refractivity contribution in [3.63, 3.8) is 0 Å². The minimum absolute atomic E-state index is 0.0767. The zero-order valence-corrected chi connectivity index (χ0v) is 11.0. The highest BCUT2D eigenvalue weighted by molar-refractivity contribution is 6.03. The van der Waals surface area contributed by atoms with Crippen LogP contribution < -0.4 is 11.3 Å². The Hall–Kier alpha value is -2.50. The molecule has 0 bridgehead atoms. The molecule has 2 N–H and O–H groups in total. The molecular formula is C15H15N3O3. The predicted octanol–water partition coefficient (Wildman–Crippen LogP) is 1.15. The maximum atomic E-state index is 13.0. The second kappa shape index (κ2) is 4.80. The van der Waals surface area contributed by atoms with Crippen molar-refractivity contribution in [1.82, 2.24) is 9.55 Å². The molecule has 1 aromatic heterocycles. The summed E-state index contributed by atoms with van der Waals surface area (Å²) in [4.78, 5) is 40.9. The summed E-state index contributed by atoms with van der Waals surface area (Å²) in [5.41, 5.74) is 4.46. The lowest BCUT2D eigenvalue weighted by Crippen LogP contribution is -2.36. The van der Waals surface area contributed by atoms with E-state index >= 15 is 0 Å². The predicted molar refractivity (Wildman–Crippen MR) is 78.1 cm³/mol. The zero-order chi connectivity index (χ0) is 19.4. The SMILES string of the molecule is [2H]c1cc2nc(C([2H])[2H])n(C3([2H])CCC(=O)CC3=O)c(=O)c2c(N)c1[2H]. The molecule has 1 unspecified atom stereocenters. The van der Waals surface area contributed by atoms with Crippen LogP contribution in [0.1, 0.15) is 38.0 Å². The molecule has 108 valence electrons. The first kappa shape index (κ1) is 8.71. The number of fused-ring (bicyclic) bond motifs is 1. The smallest absolute Gasteiger partial charge is 0.264 e. The summed E-state index contributed by atoms with van der Waals surface area (Å²) in [5, 5.41) is -0.244. The molecule has 0 aliphatic heterocycles. The third-order valence-electron chi connectivity index (χ3n) is 3.41. The highest BCUT2D eigenvalue weighted by Crippen LogP contribution is 2.24. The molecule has 0 amide bonds. The first-order chi connectivity index (χ1) is 12.1. The Labute approximate surface area is 127 Å². The Bertz CT molecular complexity index is 1020. The van der Waals surface area contributed by atoms with Gasteiger partial charge in [0.1, 0.15) is 11.6 Å². The molecule has 6 heteroatoms. The molecule has 1 atom stereocenters. The van der Waals surface area contributed by atoms with Crippen LogP contribution >= 0.6 is 0 Å². The van der Waals surface area contributed by atoms with Gasteiger partial charge in [-0.15, -0.1) is 0 Å². The van der Waals surface area contributed by atoms with Crippen molar-refractivity contribution in [1.29, 1.82) is 0 Å². The molecule has 1 saturated carbocycles. The van der Waals surface area contributed by atoms with Crippen LogP contribution in [0.25, 0.3) is 10.9 Å². The highest BCUT2D eigenvalue weighted by atomic mass is 16.2. The fraction of sp³-hybridized carbons (Fsp3) is 0.333. The van der Waals surface area contributed by atoms with Crippen LogP contribution in [0.4, 0.5) is 5.69 Å². The van der Waals surface area contributed by atoms with E-state index < -0.39 is 42.5 Å². The number of Topliss-reactive ketones (excluding diaryl/α,β-unsaturated/α-hetero) is 2. The second-order valence-electron chi connectivity index (χ2n) is 4.78. The summed E-state index contributed by atoms with van der Waals surface area (Å²) >= 11 is 0. The van der Waals surface area contributed by atoms with Gasteiger partial charge in [0.2, 0.25) is 0 Å². The van der Waals surface area contributed by atoms with E-state index in [-0.39, 0.29) is 41.3 Å². The molecular weight excluding hydrogens is 270 g/mol. The molecule has 1 aliphatic carbocycles.